The molecular formula is C38H26N4O2. The van der Waals surface area contributed by atoms with Crippen molar-refractivity contribution >= 4 is 50.9 Å². The van der Waals surface area contributed by atoms with Gasteiger partial charge in [0.2, 0.25) is 0 Å². The standard InChI is InChI=1S/C38H26N4O2/c39-26-30(38(43)44)25-27-9-11-33(12-10-27)42(34-17-13-31(14-18-34)40-23-21-28-5-1-3-7-36(28)40)35-19-15-32(16-20-35)41-24-22-29-6-2-4-8-37(29)41/h1-25H,(H,43,44)/b30-25-. The maximum atomic E-state index is 11.3. The number of nitrogens with zero attached hydrogens (tertiary/aromatic N) is 4. The molecule has 0 spiro atoms. The number of anilines is 3. The molecule has 0 saturated carbocycles. The average molecular weight is 571 g/mol. The Morgan fingerprint density at radius 3 is 1.48 bits per heavy atom. The van der Waals surface area contributed by atoms with Crippen LogP contribution in [0.25, 0.3) is 39.3 Å². The first-order chi connectivity index (χ1) is 21.6. The third kappa shape index (κ3) is 4.89. The number of nitriles is 1. The van der Waals surface area contributed by atoms with Crippen LogP contribution in [0.4, 0.5) is 17.1 Å². The van der Waals surface area contributed by atoms with Gasteiger partial charge in [-0.25, -0.2) is 4.79 Å². The van der Waals surface area contributed by atoms with Gasteiger partial charge in [-0.3, -0.25) is 0 Å². The van der Waals surface area contributed by atoms with Crippen LogP contribution in [-0.4, -0.2) is 20.2 Å². The highest BCUT2D eigenvalue weighted by Crippen LogP contribution is 2.36. The molecule has 0 aliphatic carbocycles. The molecule has 0 fully saturated rings. The molecule has 6 nitrogen and oxygen atoms in total. The number of benzene rings is 5. The fraction of sp³-hybridized carbons (Fsp3) is 0. The molecule has 7 rings (SSSR count). The first-order valence-electron chi connectivity index (χ1n) is 14.2. The molecule has 0 bridgehead atoms. The van der Waals surface area contributed by atoms with Crippen LogP contribution in [0.2, 0.25) is 0 Å². The van der Waals surface area contributed by atoms with Crippen molar-refractivity contribution in [1.82, 2.24) is 9.13 Å². The predicted octanol–water partition coefficient (Wildman–Crippen LogP) is 9.04. The van der Waals surface area contributed by atoms with Crippen LogP contribution in [0.1, 0.15) is 5.56 Å². The Morgan fingerprint density at radius 1 is 0.614 bits per heavy atom. The van der Waals surface area contributed by atoms with Gasteiger partial charge in [0, 0.05) is 40.8 Å². The molecule has 5 aromatic carbocycles. The molecule has 6 heteroatoms. The Labute approximate surface area is 254 Å². The highest BCUT2D eigenvalue weighted by Gasteiger charge is 2.14. The van der Waals surface area contributed by atoms with Gasteiger partial charge in [-0.2, -0.15) is 5.26 Å². The number of rotatable bonds is 7. The van der Waals surface area contributed by atoms with E-state index < -0.39 is 5.97 Å². The van der Waals surface area contributed by atoms with E-state index in [0.29, 0.717) is 5.56 Å². The molecule has 0 amide bonds. The molecule has 0 unspecified atom stereocenters. The van der Waals surface area contributed by atoms with E-state index in [2.05, 4.69) is 111 Å². The minimum Gasteiger partial charge on any atom is -0.477 e. The summed E-state index contributed by atoms with van der Waals surface area (Å²) in [5.41, 5.74) is 7.57. The Morgan fingerprint density at radius 2 is 1.05 bits per heavy atom. The number of carboxylic acid groups (broad SMARTS) is 1. The van der Waals surface area contributed by atoms with Gasteiger partial charge in [-0.05, 0) is 107 Å². The van der Waals surface area contributed by atoms with Crippen LogP contribution in [0.3, 0.4) is 0 Å². The van der Waals surface area contributed by atoms with Gasteiger partial charge < -0.3 is 19.1 Å². The molecule has 0 radical (unpaired) electrons. The van der Waals surface area contributed by atoms with E-state index in [-0.39, 0.29) is 5.57 Å². The van der Waals surface area contributed by atoms with E-state index >= 15 is 0 Å². The topological polar surface area (TPSA) is 74.2 Å². The fourth-order valence-electron chi connectivity index (χ4n) is 5.62. The number of aromatic nitrogens is 2. The van der Waals surface area contributed by atoms with E-state index in [1.54, 1.807) is 6.07 Å². The summed E-state index contributed by atoms with van der Waals surface area (Å²) in [5, 5.41) is 20.8. The third-order valence-electron chi connectivity index (χ3n) is 7.78. The Kier molecular flexibility index (Phi) is 6.74. The number of carboxylic acids is 1. The van der Waals surface area contributed by atoms with Crippen LogP contribution in [0.15, 0.2) is 151 Å². The normalized spacial score (nSPS) is 11.5. The van der Waals surface area contributed by atoms with Crippen molar-refractivity contribution < 1.29 is 9.90 Å². The molecule has 0 atom stereocenters. The summed E-state index contributed by atoms with van der Waals surface area (Å²) in [6, 6.07) is 46.9. The van der Waals surface area contributed by atoms with Gasteiger partial charge in [0.1, 0.15) is 11.6 Å². The lowest BCUT2D eigenvalue weighted by atomic mass is 10.1. The average Bonchev–Trinajstić information content (AvgIpc) is 3.70. The molecule has 44 heavy (non-hydrogen) atoms. The van der Waals surface area contributed by atoms with E-state index in [1.165, 1.54) is 16.8 Å². The lowest BCUT2D eigenvalue weighted by Gasteiger charge is -2.26. The maximum Gasteiger partial charge on any atom is 0.346 e. The van der Waals surface area contributed by atoms with Crippen LogP contribution in [-0.2, 0) is 4.79 Å². The van der Waals surface area contributed by atoms with Crippen LogP contribution >= 0.6 is 0 Å². The number of aliphatic carboxylic acids is 1. The van der Waals surface area contributed by atoms with Crippen molar-refractivity contribution in [2.45, 2.75) is 0 Å². The minimum absolute atomic E-state index is 0.309. The number of hydrogen-bond acceptors (Lipinski definition) is 3. The fourth-order valence-corrected chi connectivity index (χ4v) is 5.62. The summed E-state index contributed by atoms with van der Waals surface area (Å²) in [6.07, 6.45) is 5.54. The molecule has 2 aromatic heterocycles. The van der Waals surface area contributed by atoms with Crippen molar-refractivity contribution in [3.05, 3.63) is 157 Å². The SMILES string of the molecule is N#C/C(=C/c1ccc(N(c2ccc(-n3ccc4ccccc43)cc2)c2ccc(-n3ccc4ccccc43)cc2)cc1)C(=O)O. The second kappa shape index (κ2) is 11.2. The predicted molar refractivity (Wildman–Crippen MR) is 176 cm³/mol. The van der Waals surface area contributed by atoms with E-state index in [0.717, 1.165) is 39.5 Å². The largest absolute Gasteiger partial charge is 0.477 e. The lowest BCUT2D eigenvalue weighted by molar-refractivity contribution is -0.132. The molecule has 210 valence electrons. The van der Waals surface area contributed by atoms with Crippen molar-refractivity contribution in [2.24, 2.45) is 0 Å². The van der Waals surface area contributed by atoms with Crippen molar-refractivity contribution in [3.63, 3.8) is 0 Å². The van der Waals surface area contributed by atoms with Crippen molar-refractivity contribution in [2.75, 3.05) is 4.90 Å². The van der Waals surface area contributed by atoms with Gasteiger partial charge in [0.25, 0.3) is 0 Å². The first kappa shape index (κ1) is 26.6. The van der Waals surface area contributed by atoms with Crippen LogP contribution < -0.4 is 4.90 Å². The zero-order valence-corrected chi connectivity index (χ0v) is 23.6. The molecule has 2 heterocycles. The summed E-state index contributed by atoms with van der Waals surface area (Å²) in [6.45, 7) is 0. The number of fused-ring (bicyclic) bond motifs is 2. The highest BCUT2D eigenvalue weighted by molar-refractivity contribution is 5.96. The zero-order valence-electron chi connectivity index (χ0n) is 23.6. The Hall–Kier alpha value is -6.32. The Balaban J connectivity index is 1.28. The highest BCUT2D eigenvalue weighted by atomic mass is 16.4. The zero-order chi connectivity index (χ0) is 30.0. The lowest BCUT2D eigenvalue weighted by Crippen LogP contribution is -2.10. The first-order valence-corrected chi connectivity index (χ1v) is 14.2. The minimum atomic E-state index is -1.25. The molecule has 7 aromatic rings. The summed E-state index contributed by atoms with van der Waals surface area (Å²) in [7, 11) is 0. The molecule has 0 aliphatic rings. The molecular weight excluding hydrogens is 544 g/mol. The third-order valence-corrected chi connectivity index (χ3v) is 7.78. The monoisotopic (exact) mass is 570 g/mol. The summed E-state index contributed by atoms with van der Waals surface area (Å²) in [5.74, 6) is -1.25. The van der Waals surface area contributed by atoms with Crippen LogP contribution in [0.5, 0.6) is 0 Å². The second-order valence-electron chi connectivity index (χ2n) is 10.4. The number of carbonyl (C=O) groups is 1. The Bertz CT molecular complexity index is 2080. The van der Waals surface area contributed by atoms with Gasteiger partial charge in [-0.1, -0.05) is 48.5 Å². The molecule has 1 N–H and O–H groups in total. The summed E-state index contributed by atoms with van der Waals surface area (Å²) >= 11 is 0. The second-order valence-corrected chi connectivity index (χ2v) is 10.4. The summed E-state index contributed by atoms with van der Waals surface area (Å²) in [4.78, 5) is 13.5. The molecule has 0 aliphatic heterocycles. The van der Waals surface area contributed by atoms with Crippen LogP contribution in [0, 0.1) is 11.3 Å². The van der Waals surface area contributed by atoms with Gasteiger partial charge >= 0.3 is 5.97 Å². The summed E-state index contributed by atoms with van der Waals surface area (Å²) < 4.78 is 4.35. The quantitative estimate of drug-likeness (QED) is 0.153. The van der Waals surface area contributed by atoms with E-state index in [1.807, 2.05) is 48.5 Å². The van der Waals surface area contributed by atoms with Crippen molar-refractivity contribution in [3.8, 4) is 17.4 Å². The maximum absolute atomic E-state index is 11.3. The van der Waals surface area contributed by atoms with E-state index in [9.17, 15) is 15.2 Å². The van der Waals surface area contributed by atoms with Gasteiger partial charge in [0.05, 0.1) is 11.0 Å². The van der Waals surface area contributed by atoms with Crippen molar-refractivity contribution in [1.29, 1.82) is 5.26 Å². The number of hydrogen-bond donors (Lipinski definition) is 1. The molecule has 0 saturated heterocycles. The number of para-hydroxylation sites is 2. The smallest absolute Gasteiger partial charge is 0.346 e. The van der Waals surface area contributed by atoms with E-state index in [4.69, 9.17) is 0 Å². The van der Waals surface area contributed by atoms with Gasteiger partial charge in [0.15, 0.2) is 0 Å². The van der Waals surface area contributed by atoms with Gasteiger partial charge in [-0.15, -0.1) is 0 Å².